The van der Waals surface area contributed by atoms with Crippen LogP contribution in [0.15, 0.2) is 0 Å². The van der Waals surface area contributed by atoms with Crippen LogP contribution in [0.25, 0.3) is 0 Å². The Kier molecular flexibility index (Phi) is 2.33. The monoisotopic (exact) mass is 155 g/mol. The third kappa shape index (κ3) is 1.62. The van der Waals surface area contributed by atoms with Gasteiger partial charge in [0.15, 0.2) is 5.78 Å². The van der Waals surface area contributed by atoms with Gasteiger partial charge in [-0.1, -0.05) is 13.8 Å². The molecule has 1 atom stereocenters. The lowest BCUT2D eigenvalue weighted by Gasteiger charge is -2.24. The maximum Gasteiger partial charge on any atom is 0.155 e. The molecule has 2 heteroatoms. The fraction of sp³-hybridized carbons (Fsp3) is 0.889. The molecular weight excluding hydrogens is 138 g/mol. The van der Waals surface area contributed by atoms with E-state index in [0.29, 0.717) is 5.78 Å². The molecule has 1 rings (SSSR count). The van der Waals surface area contributed by atoms with E-state index in [1.54, 1.807) is 0 Å². The molecule has 1 N–H and O–H groups in total. The van der Waals surface area contributed by atoms with Crippen molar-refractivity contribution < 1.29 is 4.79 Å². The van der Waals surface area contributed by atoms with Gasteiger partial charge in [0.05, 0.1) is 5.54 Å². The Bertz CT molecular complexity index is 157. The van der Waals surface area contributed by atoms with Gasteiger partial charge in [0.1, 0.15) is 0 Å². The van der Waals surface area contributed by atoms with Gasteiger partial charge in [-0.2, -0.15) is 0 Å². The molecule has 1 fully saturated rings. The van der Waals surface area contributed by atoms with Crippen LogP contribution in [0.4, 0.5) is 0 Å². The third-order valence-corrected chi connectivity index (χ3v) is 2.44. The first-order valence-corrected chi connectivity index (χ1v) is 4.35. The Morgan fingerprint density at radius 1 is 1.55 bits per heavy atom. The molecule has 0 unspecified atom stereocenters. The molecule has 0 spiro atoms. The standard InChI is InChI=1S/C9H17NO/c1-7(2)8(11)9(3)5-4-6-10-9/h7,10H,4-6H2,1-3H3/t9-/m1/s1. The Hall–Kier alpha value is -0.370. The number of Topliss-reactive ketones (excluding diaryl/α,β-unsaturated/α-hetero) is 1. The predicted octanol–water partition coefficient (Wildman–Crippen LogP) is 1.35. The van der Waals surface area contributed by atoms with Crippen LogP contribution in [0.1, 0.15) is 33.6 Å². The van der Waals surface area contributed by atoms with Crippen molar-refractivity contribution in [2.75, 3.05) is 6.54 Å². The lowest BCUT2D eigenvalue weighted by atomic mass is 9.88. The average molecular weight is 155 g/mol. The minimum absolute atomic E-state index is 0.158. The summed E-state index contributed by atoms with van der Waals surface area (Å²) in [7, 11) is 0. The fourth-order valence-electron chi connectivity index (χ4n) is 1.74. The van der Waals surface area contributed by atoms with Crippen molar-refractivity contribution in [3.63, 3.8) is 0 Å². The first-order chi connectivity index (χ1) is 5.06. The zero-order valence-corrected chi connectivity index (χ0v) is 7.61. The highest BCUT2D eigenvalue weighted by Crippen LogP contribution is 2.22. The molecule has 2 nitrogen and oxygen atoms in total. The number of hydrogen-bond acceptors (Lipinski definition) is 2. The van der Waals surface area contributed by atoms with E-state index in [2.05, 4.69) is 5.32 Å². The van der Waals surface area contributed by atoms with Crippen molar-refractivity contribution in [3.05, 3.63) is 0 Å². The van der Waals surface area contributed by atoms with Crippen molar-refractivity contribution in [1.29, 1.82) is 0 Å². The minimum Gasteiger partial charge on any atom is -0.305 e. The number of nitrogens with one attached hydrogen (secondary N) is 1. The summed E-state index contributed by atoms with van der Waals surface area (Å²) in [4.78, 5) is 11.6. The van der Waals surface area contributed by atoms with E-state index >= 15 is 0 Å². The van der Waals surface area contributed by atoms with Gasteiger partial charge < -0.3 is 5.32 Å². The lowest BCUT2D eigenvalue weighted by Crippen LogP contribution is -2.46. The highest BCUT2D eigenvalue weighted by atomic mass is 16.1. The van der Waals surface area contributed by atoms with Crippen molar-refractivity contribution in [2.45, 2.75) is 39.2 Å². The van der Waals surface area contributed by atoms with E-state index in [1.165, 1.54) is 0 Å². The average Bonchev–Trinajstić information content (AvgIpc) is 2.35. The molecule has 1 saturated heterocycles. The quantitative estimate of drug-likeness (QED) is 0.652. The van der Waals surface area contributed by atoms with Gasteiger partial charge in [-0.15, -0.1) is 0 Å². The summed E-state index contributed by atoms with van der Waals surface area (Å²) >= 11 is 0. The molecule has 0 aromatic heterocycles. The van der Waals surface area contributed by atoms with Crippen molar-refractivity contribution >= 4 is 5.78 Å². The summed E-state index contributed by atoms with van der Waals surface area (Å²) in [5.41, 5.74) is -0.214. The predicted molar refractivity (Wildman–Crippen MR) is 45.5 cm³/mol. The van der Waals surface area contributed by atoms with E-state index < -0.39 is 0 Å². The van der Waals surface area contributed by atoms with Gasteiger partial charge >= 0.3 is 0 Å². The Morgan fingerprint density at radius 2 is 2.18 bits per heavy atom. The van der Waals surface area contributed by atoms with Gasteiger partial charge in [-0.25, -0.2) is 0 Å². The Morgan fingerprint density at radius 3 is 2.55 bits per heavy atom. The van der Waals surface area contributed by atoms with Crippen molar-refractivity contribution in [3.8, 4) is 0 Å². The second-order valence-corrected chi connectivity index (χ2v) is 3.88. The van der Waals surface area contributed by atoms with Gasteiger partial charge in [0, 0.05) is 5.92 Å². The van der Waals surface area contributed by atoms with Crippen LogP contribution in [-0.4, -0.2) is 17.9 Å². The van der Waals surface area contributed by atoms with Crippen LogP contribution >= 0.6 is 0 Å². The van der Waals surface area contributed by atoms with Gasteiger partial charge in [-0.05, 0) is 26.3 Å². The van der Waals surface area contributed by atoms with E-state index in [1.807, 2.05) is 20.8 Å². The Labute approximate surface area is 68.4 Å². The topological polar surface area (TPSA) is 29.1 Å². The van der Waals surface area contributed by atoms with Crippen molar-refractivity contribution in [2.24, 2.45) is 5.92 Å². The molecule has 0 aromatic carbocycles. The second-order valence-electron chi connectivity index (χ2n) is 3.88. The molecule has 0 radical (unpaired) electrons. The van der Waals surface area contributed by atoms with Gasteiger partial charge in [-0.3, -0.25) is 4.79 Å². The first-order valence-electron chi connectivity index (χ1n) is 4.35. The summed E-state index contributed by atoms with van der Waals surface area (Å²) in [6, 6.07) is 0. The number of rotatable bonds is 2. The van der Waals surface area contributed by atoms with E-state index in [0.717, 1.165) is 19.4 Å². The fourth-order valence-corrected chi connectivity index (χ4v) is 1.74. The SMILES string of the molecule is CC(C)C(=O)[C@@]1(C)CCCN1. The number of ketones is 1. The summed E-state index contributed by atoms with van der Waals surface area (Å²) in [6.07, 6.45) is 2.14. The molecule has 0 aromatic rings. The second kappa shape index (κ2) is 2.94. The number of carbonyl (C=O) groups excluding carboxylic acids is 1. The molecule has 0 saturated carbocycles. The summed E-state index contributed by atoms with van der Waals surface area (Å²) in [6.45, 7) is 6.94. The third-order valence-electron chi connectivity index (χ3n) is 2.44. The molecule has 1 aliphatic rings. The molecule has 1 aliphatic heterocycles. The van der Waals surface area contributed by atoms with E-state index in [4.69, 9.17) is 0 Å². The normalized spacial score (nSPS) is 31.3. The molecule has 0 aliphatic carbocycles. The van der Waals surface area contributed by atoms with Crippen LogP contribution in [-0.2, 0) is 4.79 Å². The van der Waals surface area contributed by atoms with Crippen LogP contribution in [0, 0.1) is 5.92 Å². The number of hydrogen-bond donors (Lipinski definition) is 1. The van der Waals surface area contributed by atoms with Crippen LogP contribution in [0.3, 0.4) is 0 Å². The lowest BCUT2D eigenvalue weighted by molar-refractivity contribution is -0.127. The first kappa shape index (κ1) is 8.72. The molecule has 11 heavy (non-hydrogen) atoms. The van der Waals surface area contributed by atoms with E-state index in [-0.39, 0.29) is 11.5 Å². The maximum atomic E-state index is 11.6. The molecule has 0 bridgehead atoms. The largest absolute Gasteiger partial charge is 0.305 e. The van der Waals surface area contributed by atoms with Gasteiger partial charge in [0.2, 0.25) is 0 Å². The maximum absolute atomic E-state index is 11.6. The highest BCUT2D eigenvalue weighted by molar-refractivity contribution is 5.89. The van der Waals surface area contributed by atoms with E-state index in [9.17, 15) is 4.79 Å². The zero-order valence-electron chi connectivity index (χ0n) is 7.61. The van der Waals surface area contributed by atoms with Crippen LogP contribution < -0.4 is 5.32 Å². The molecule has 1 heterocycles. The zero-order chi connectivity index (χ0) is 8.48. The van der Waals surface area contributed by atoms with Crippen molar-refractivity contribution in [1.82, 2.24) is 5.32 Å². The van der Waals surface area contributed by atoms with Gasteiger partial charge in [0.25, 0.3) is 0 Å². The molecular formula is C9H17NO. The smallest absolute Gasteiger partial charge is 0.155 e. The Balaban J connectivity index is 2.64. The number of carbonyl (C=O) groups is 1. The van der Waals surface area contributed by atoms with Crippen LogP contribution in [0.2, 0.25) is 0 Å². The summed E-state index contributed by atoms with van der Waals surface area (Å²) in [5, 5.41) is 3.26. The summed E-state index contributed by atoms with van der Waals surface area (Å²) in [5.74, 6) is 0.514. The molecule has 64 valence electrons. The van der Waals surface area contributed by atoms with Crippen LogP contribution in [0.5, 0.6) is 0 Å². The highest BCUT2D eigenvalue weighted by Gasteiger charge is 2.36. The summed E-state index contributed by atoms with van der Waals surface area (Å²) < 4.78 is 0. The minimum atomic E-state index is -0.214. The molecule has 0 amide bonds.